The first-order valence-corrected chi connectivity index (χ1v) is 40.7. The number of benzene rings is 13. The van der Waals surface area contributed by atoms with Gasteiger partial charge in [0.25, 0.3) is 0 Å². The zero-order chi connectivity index (χ0) is 80.3. The van der Waals surface area contributed by atoms with Crippen LogP contribution in [0.1, 0.15) is 0 Å². The SMILES string of the molecule is c1ccc(-c2ccc3ccc4ccc(-c5ccc(-c6ccc7ccc(-c8ccc9ccc(-c%10ccnc%11c%10ccc%10cccnc%10%11)nc9c8)nc7c6)c6ccccc56)nc4c3n2)cc1.c1cnc2c(c1)ccc1ccc(-c3ccc4cc(-c5ccc6ccc(-c7ccc8ccc(-c9ccnc%10c9ccc9cccnc9%10)nc8c7)nc6c5)ccc4c3)nc12. The third kappa shape index (κ3) is 12.2. The Bertz CT molecular complexity index is 8690. The van der Waals surface area contributed by atoms with Crippen LogP contribution in [0.2, 0.25) is 0 Å². The fourth-order valence-corrected chi connectivity index (χ4v) is 17.6. The van der Waals surface area contributed by atoms with Crippen LogP contribution in [0.5, 0.6) is 0 Å². The Balaban J connectivity index is 0.000000139. The zero-order valence-electron chi connectivity index (χ0n) is 65.3. The number of aromatic nitrogens is 12. The van der Waals surface area contributed by atoms with Crippen LogP contribution >= 0.6 is 0 Å². The molecule has 0 spiro atoms. The maximum absolute atomic E-state index is 5.32. The first-order valence-electron chi connectivity index (χ1n) is 40.7. The maximum Gasteiger partial charge on any atom is 0.0972 e. The summed E-state index contributed by atoms with van der Waals surface area (Å²) >= 11 is 0. The van der Waals surface area contributed by atoms with Gasteiger partial charge in [0, 0.05) is 135 Å². The normalized spacial score (nSPS) is 11.8. The molecule has 12 nitrogen and oxygen atoms in total. The minimum absolute atomic E-state index is 0.876. The van der Waals surface area contributed by atoms with Gasteiger partial charge in [0.1, 0.15) is 0 Å². The van der Waals surface area contributed by atoms with Crippen LogP contribution in [0.15, 0.2) is 389 Å². The van der Waals surface area contributed by atoms with Crippen molar-refractivity contribution < 1.29 is 0 Å². The summed E-state index contributed by atoms with van der Waals surface area (Å²) in [4.78, 5) is 59.7. The second-order valence-corrected chi connectivity index (χ2v) is 31.1. The summed E-state index contributed by atoms with van der Waals surface area (Å²) in [6, 6.07) is 125. The van der Waals surface area contributed by atoms with Gasteiger partial charge >= 0.3 is 0 Å². The van der Waals surface area contributed by atoms with Gasteiger partial charge in [0.2, 0.25) is 0 Å². The summed E-state index contributed by atoms with van der Waals surface area (Å²) in [5, 5.41) is 17.4. The lowest BCUT2D eigenvalue weighted by molar-refractivity contribution is 1.35. The van der Waals surface area contributed by atoms with E-state index in [4.69, 9.17) is 44.9 Å². The predicted molar refractivity (Wildman–Crippen MR) is 500 cm³/mol. The van der Waals surface area contributed by atoms with E-state index in [9.17, 15) is 0 Å². The Morgan fingerprint density at radius 1 is 0.131 bits per heavy atom. The first-order chi connectivity index (χ1) is 60.4. The average Bonchev–Trinajstić information content (AvgIpc) is 0.757. The molecule has 0 saturated carbocycles. The van der Waals surface area contributed by atoms with Gasteiger partial charge in [0.05, 0.1) is 106 Å². The van der Waals surface area contributed by atoms with Crippen molar-refractivity contribution in [3.8, 4) is 101 Å². The molecular weight excluding hydrogens is 1490 g/mol. The molecule has 0 bridgehead atoms. The molecule has 0 aliphatic rings. The van der Waals surface area contributed by atoms with E-state index < -0.39 is 0 Å². The maximum atomic E-state index is 5.32. The number of hydrogen-bond acceptors (Lipinski definition) is 12. The van der Waals surface area contributed by atoms with E-state index in [0.717, 1.165) is 248 Å². The van der Waals surface area contributed by atoms with Gasteiger partial charge in [-0.2, -0.15) is 0 Å². The highest BCUT2D eigenvalue weighted by Crippen LogP contribution is 2.42. The molecule has 0 atom stereocenters. The van der Waals surface area contributed by atoms with Crippen LogP contribution in [-0.2, 0) is 0 Å². The quantitative estimate of drug-likeness (QED) is 0.126. The standard InChI is InChI=1S/C58H34N6.C52H30N6/c1-2-7-35(8-3-1)49-27-21-39-14-15-40-22-29-52(64-57(40)56(39)63-49)46-25-24-43(44-10-4-5-11-45(44)46)41-16-12-36-19-26-50(61-53(36)33-41)42-17-13-37-20-28-51(62-54(37)34-42)47-30-32-60-58-48(47)23-18-38-9-6-31-59-55(38)58;1-3-33-7-8-35-18-21-45(58-51(35)49(33)53-24-1)40-14-12-36-27-37(10-11-38(36)28-40)39-9-5-31-16-20-44(56-47(31)29-39)41-13-6-32-17-22-46(57-48(32)30-41)42-23-26-55-52-43(42)19-15-34-4-2-25-54-50(34)52/h1-34H;1-30H. The molecular formula is C110H64N12. The number of fused-ring (bicyclic) bond motifs is 18. The molecule has 0 aliphatic heterocycles. The fraction of sp³-hybridized carbons (Fsp3) is 0. The minimum Gasteiger partial charge on any atom is -0.254 e. The third-order valence-corrected chi connectivity index (χ3v) is 23.9. The summed E-state index contributed by atoms with van der Waals surface area (Å²) in [5.74, 6) is 0. The van der Waals surface area contributed by atoms with Gasteiger partial charge in [-0.1, -0.05) is 249 Å². The third-order valence-electron chi connectivity index (χ3n) is 23.9. The summed E-state index contributed by atoms with van der Waals surface area (Å²) in [7, 11) is 0. The van der Waals surface area contributed by atoms with Crippen LogP contribution in [0.4, 0.5) is 0 Å². The van der Waals surface area contributed by atoms with Crippen molar-refractivity contribution in [3.63, 3.8) is 0 Å². The zero-order valence-corrected chi connectivity index (χ0v) is 65.3. The molecule has 25 aromatic rings. The molecule has 0 aliphatic carbocycles. The lowest BCUT2D eigenvalue weighted by atomic mass is 9.93. The lowest BCUT2D eigenvalue weighted by Crippen LogP contribution is -1.92. The Hall–Kier alpha value is -16.7. The molecule has 0 fully saturated rings. The molecule has 12 heteroatoms. The minimum atomic E-state index is 0.876. The van der Waals surface area contributed by atoms with Gasteiger partial charge in [-0.15, -0.1) is 0 Å². The molecule has 0 radical (unpaired) electrons. The van der Waals surface area contributed by atoms with Crippen molar-refractivity contribution >= 4 is 152 Å². The number of nitrogens with zero attached hydrogens (tertiary/aromatic N) is 12. The van der Waals surface area contributed by atoms with Crippen LogP contribution in [0.25, 0.3) is 253 Å². The second kappa shape index (κ2) is 28.6. The molecule has 564 valence electrons. The molecule has 12 aromatic heterocycles. The van der Waals surface area contributed by atoms with Crippen molar-refractivity contribution in [1.82, 2.24) is 59.8 Å². The Kier molecular flexibility index (Phi) is 16.3. The molecule has 0 N–H and O–H groups in total. The molecule has 12 heterocycles. The van der Waals surface area contributed by atoms with E-state index in [0.29, 0.717) is 0 Å². The van der Waals surface area contributed by atoms with Gasteiger partial charge in [-0.25, -0.2) is 34.9 Å². The van der Waals surface area contributed by atoms with Crippen molar-refractivity contribution in [1.29, 1.82) is 0 Å². The topological polar surface area (TPSA) is 155 Å². The summed E-state index contributed by atoms with van der Waals surface area (Å²) < 4.78 is 0. The van der Waals surface area contributed by atoms with E-state index in [2.05, 4.69) is 324 Å². The number of pyridine rings is 12. The number of rotatable bonds is 9. The van der Waals surface area contributed by atoms with Crippen molar-refractivity contribution in [3.05, 3.63) is 389 Å². The van der Waals surface area contributed by atoms with E-state index in [1.807, 2.05) is 79.5 Å². The first kappa shape index (κ1) is 69.6. The molecule has 13 aromatic carbocycles. The summed E-state index contributed by atoms with van der Waals surface area (Å²) in [6.45, 7) is 0. The highest BCUT2D eigenvalue weighted by atomic mass is 14.8. The van der Waals surface area contributed by atoms with E-state index in [-0.39, 0.29) is 0 Å². The fourth-order valence-electron chi connectivity index (χ4n) is 17.6. The van der Waals surface area contributed by atoms with Crippen molar-refractivity contribution in [2.75, 3.05) is 0 Å². The van der Waals surface area contributed by atoms with Gasteiger partial charge in [0.15, 0.2) is 0 Å². The largest absolute Gasteiger partial charge is 0.254 e. The summed E-state index contributed by atoms with van der Waals surface area (Å²) in [5.41, 5.74) is 29.1. The molecule has 0 unspecified atom stereocenters. The van der Waals surface area contributed by atoms with Gasteiger partial charge in [-0.05, 0) is 153 Å². The van der Waals surface area contributed by atoms with Gasteiger partial charge < -0.3 is 0 Å². The smallest absolute Gasteiger partial charge is 0.0972 e. The monoisotopic (exact) mass is 1550 g/mol. The number of hydrogen-bond donors (Lipinski definition) is 0. The summed E-state index contributed by atoms with van der Waals surface area (Å²) in [6.07, 6.45) is 9.16. The Morgan fingerprint density at radius 3 is 0.934 bits per heavy atom. The molecule has 25 rings (SSSR count). The van der Waals surface area contributed by atoms with Crippen LogP contribution < -0.4 is 0 Å². The molecule has 0 saturated heterocycles. The van der Waals surface area contributed by atoms with Gasteiger partial charge in [-0.3, -0.25) is 24.9 Å². The Morgan fingerprint density at radius 2 is 0.426 bits per heavy atom. The van der Waals surface area contributed by atoms with Crippen molar-refractivity contribution in [2.45, 2.75) is 0 Å². The lowest BCUT2D eigenvalue weighted by Gasteiger charge is -2.13. The highest BCUT2D eigenvalue weighted by Gasteiger charge is 2.19. The second-order valence-electron chi connectivity index (χ2n) is 31.1. The molecule has 122 heavy (non-hydrogen) atoms. The molecule has 0 amide bonds. The van der Waals surface area contributed by atoms with Crippen molar-refractivity contribution in [2.24, 2.45) is 0 Å². The van der Waals surface area contributed by atoms with Crippen LogP contribution in [-0.4, -0.2) is 59.8 Å². The van der Waals surface area contributed by atoms with E-state index in [1.54, 1.807) is 0 Å². The highest BCUT2D eigenvalue weighted by molar-refractivity contribution is 6.12. The average molecular weight is 1550 g/mol. The predicted octanol–water partition coefficient (Wildman–Crippen LogP) is 27.3. The van der Waals surface area contributed by atoms with Crippen LogP contribution in [0.3, 0.4) is 0 Å². The van der Waals surface area contributed by atoms with Crippen LogP contribution in [0, 0.1) is 0 Å². The van der Waals surface area contributed by atoms with E-state index >= 15 is 0 Å². The van der Waals surface area contributed by atoms with E-state index in [1.165, 1.54) is 5.39 Å². The Labute approximate surface area is 697 Å².